The summed E-state index contributed by atoms with van der Waals surface area (Å²) < 4.78 is 27.9. The SMILES string of the molecule is C=CCN(C(C)=O)[C@@H]1O[C@H](CO)[C@@H](O[C@@H]2O[C@H](CO)[C@H](O)[C@H](OCc3ccc(OC)cc3)[C@H]2O)[C@H](O)[C@H]1O. The first-order valence-corrected chi connectivity index (χ1v) is 12.2. The van der Waals surface area contributed by atoms with Gasteiger partial charge in [-0.2, -0.15) is 0 Å². The second-order valence-electron chi connectivity index (χ2n) is 9.12. The van der Waals surface area contributed by atoms with Crippen LogP contribution in [0.4, 0.5) is 0 Å². The van der Waals surface area contributed by atoms with Crippen molar-refractivity contribution in [2.75, 3.05) is 26.9 Å². The van der Waals surface area contributed by atoms with Gasteiger partial charge in [0.15, 0.2) is 12.5 Å². The van der Waals surface area contributed by atoms with Gasteiger partial charge in [0.1, 0.15) is 54.6 Å². The highest BCUT2D eigenvalue weighted by Crippen LogP contribution is 2.31. The Balaban J connectivity index is 1.75. The summed E-state index contributed by atoms with van der Waals surface area (Å²) >= 11 is 0. The van der Waals surface area contributed by atoms with E-state index in [0.717, 1.165) is 10.5 Å². The van der Waals surface area contributed by atoms with E-state index in [-0.39, 0.29) is 13.2 Å². The zero-order valence-corrected chi connectivity index (χ0v) is 21.3. The van der Waals surface area contributed by atoms with Crippen LogP contribution < -0.4 is 4.74 Å². The molecule has 0 aliphatic carbocycles. The number of amides is 1. The molecule has 13 nitrogen and oxygen atoms in total. The number of carbonyl (C=O) groups excluding carboxylic acids is 1. The van der Waals surface area contributed by atoms with Gasteiger partial charge in [-0.05, 0) is 17.7 Å². The molecule has 0 radical (unpaired) electrons. The van der Waals surface area contributed by atoms with E-state index >= 15 is 0 Å². The molecule has 3 rings (SSSR count). The molecule has 2 aliphatic heterocycles. The molecule has 2 saturated heterocycles. The van der Waals surface area contributed by atoms with Gasteiger partial charge >= 0.3 is 0 Å². The van der Waals surface area contributed by atoms with E-state index in [1.54, 1.807) is 24.3 Å². The van der Waals surface area contributed by atoms with Crippen LogP contribution in [0, 0.1) is 0 Å². The zero-order chi connectivity index (χ0) is 28.0. The second-order valence-corrected chi connectivity index (χ2v) is 9.12. The molecule has 0 saturated carbocycles. The van der Waals surface area contributed by atoms with Crippen molar-refractivity contribution in [2.24, 2.45) is 0 Å². The largest absolute Gasteiger partial charge is 0.497 e. The first kappa shape index (κ1) is 30.4. The second kappa shape index (κ2) is 13.8. The minimum absolute atomic E-state index is 0.00728. The molecule has 13 heteroatoms. The summed E-state index contributed by atoms with van der Waals surface area (Å²) in [5, 5.41) is 62.8. The molecule has 2 heterocycles. The molecule has 2 aliphatic rings. The highest BCUT2D eigenvalue weighted by atomic mass is 16.7. The fourth-order valence-electron chi connectivity index (χ4n) is 4.48. The van der Waals surface area contributed by atoms with Crippen LogP contribution in [0.15, 0.2) is 36.9 Å². The fourth-order valence-corrected chi connectivity index (χ4v) is 4.48. The minimum Gasteiger partial charge on any atom is -0.497 e. The normalized spacial score (nSPS) is 35.5. The van der Waals surface area contributed by atoms with Crippen molar-refractivity contribution in [2.45, 2.75) is 74.9 Å². The van der Waals surface area contributed by atoms with Crippen molar-refractivity contribution in [1.82, 2.24) is 4.90 Å². The number of benzene rings is 1. The van der Waals surface area contributed by atoms with Crippen molar-refractivity contribution in [1.29, 1.82) is 0 Å². The number of rotatable bonds is 11. The monoisotopic (exact) mass is 543 g/mol. The molecule has 2 fully saturated rings. The maximum atomic E-state index is 12.0. The summed E-state index contributed by atoms with van der Waals surface area (Å²) in [5.74, 6) is 0.181. The zero-order valence-electron chi connectivity index (χ0n) is 21.3. The molecule has 1 aromatic rings. The lowest BCUT2D eigenvalue weighted by Crippen LogP contribution is -2.67. The van der Waals surface area contributed by atoms with Crippen molar-refractivity contribution < 1.29 is 59.1 Å². The molecule has 0 aromatic heterocycles. The summed E-state index contributed by atoms with van der Waals surface area (Å²) in [7, 11) is 1.53. The van der Waals surface area contributed by atoms with E-state index < -0.39 is 80.5 Å². The van der Waals surface area contributed by atoms with E-state index in [1.807, 2.05) is 0 Å². The number of carbonyl (C=O) groups is 1. The Morgan fingerprint density at radius 3 is 2.18 bits per heavy atom. The third kappa shape index (κ3) is 6.69. The molecule has 0 spiro atoms. The summed E-state index contributed by atoms with van der Waals surface area (Å²) in [6.45, 7) is 3.52. The summed E-state index contributed by atoms with van der Waals surface area (Å²) in [4.78, 5) is 13.2. The van der Waals surface area contributed by atoms with Crippen LogP contribution in [0.1, 0.15) is 12.5 Å². The van der Waals surface area contributed by atoms with E-state index in [4.69, 9.17) is 23.7 Å². The van der Waals surface area contributed by atoms with Gasteiger partial charge in [-0.15, -0.1) is 6.58 Å². The minimum atomic E-state index is -1.67. The predicted octanol–water partition coefficient (Wildman–Crippen LogP) is -2.12. The van der Waals surface area contributed by atoms with Crippen molar-refractivity contribution in [3.8, 4) is 5.75 Å². The highest BCUT2D eigenvalue weighted by molar-refractivity contribution is 5.73. The third-order valence-electron chi connectivity index (χ3n) is 6.59. The molecular formula is C25H37NO12. The number of hydrogen-bond acceptors (Lipinski definition) is 12. The van der Waals surface area contributed by atoms with Gasteiger partial charge in [0.05, 0.1) is 26.9 Å². The van der Waals surface area contributed by atoms with Crippen LogP contribution in [-0.4, -0.2) is 130 Å². The molecule has 10 atom stereocenters. The standard InChI is InChI=1S/C25H37NO12/c1-4-9-26(13(2)29)24-20(32)19(31)22(17(11-28)36-24)38-25-21(33)23(18(30)16(10-27)37-25)35-12-14-5-7-15(34-3)8-6-14/h4-8,16-25,27-28,30-33H,1,9-12H2,2-3H3/t16-,17-,18+,19-,20-,21-,22-,23+,24-,25+/m1/s1. The van der Waals surface area contributed by atoms with Crippen LogP contribution >= 0.6 is 0 Å². The quantitative estimate of drug-likeness (QED) is 0.167. The van der Waals surface area contributed by atoms with Gasteiger partial charge in [0.25, 0.3) is 0 Å². The van der Waals surface area contributed by atoms with E-state index in [2.05, 4.69) is 6.58 Å². The molecule has 0 bridgehead atoms. The Kier molecular flexibility index (Phi) is 11.0. The van der Waals surface area contributed by atoms with Gasteiger partial charge in [-0.3, -0.25) is 4.79 Å². The highest BCUT2D eigenvalue weighted by Gasteiger charge is 2.52. The van der Waals surface area contributed by atoms with E-state index in [0.29, 0.717) is 5.75 Å². The Bertz CT molecular complexity index is 899. The third-order valence-corrected chi connectivity index (χ3v) is 6.59. The number of aliphatic hydroxyl groups is 6. The Labute approximate surface area is 220 Å². The first-order valence-electron chi connectivity index (χ1n) is 12.2. The van der Waals surface area contributed by atoms with Crippen molar-refractivity contribution in [3.05, 3.63) is 42.5 Å². The fraction of sp³-hybridized carbons (Fsp3) is 0.640. The van der Waals surface area contributed by atoms with Crippen LogP contribution in [0.3, 0.4) is 0 Å². The Hall–Kier alpha value is -2.17. The van der Waals surface area contributed by atoms with Gasteiger partial charge in [-0.25, -0.2) is 0 Å². The van der Waals surface area contributed by atoms with E-state index in [1.165, 1.54) is 20.1 Å². The number of ether oxygens (including phenoxy) is 5. The Morgan fingerprint density at radius 2 is 1.63 bits per heavy atom. The molecule has 214 valence electrons. The molecule has 0 unspecified atom stereocenters. The van der Waals surface area contributed by atoms with Gasteiger partial charge < -0.3 is 59.2 Å². The van der Waals surface area contributed by atoms with Crippen LogP contribution in [0.5, 0.6) is 5.75 Å². The summed E-state index contributed by atoms with van der Waals surface area (Å²) in [6.07, 6.45) is -12.9. The smallest absolute Gasteiger partial charge is 0.221 e. The lowest BCUT2D eigenvalue weighted by molar-refractivity contribution is -0.351. The summed E-state index contributed by atoms with van der Waals surface area (Å²) in [6, 6.07) is 6.92. The van der Waals surface area contributed by atoms with Crippen LogP contribution in [0.25, 0.3) is 0 Å². The topological polar surface area (TPSA) is 188 Å². The molecular weight excluding hydrogens is 506 g/mol. The predicted molar refractivity (Wildman–Crippen MR) is 130 cm³/mol. The molecule has 38 heavy (non-hydrogen) atoms. The average molecular weight is 544 g/mol. The van der Waals surface area contributed by atoms with Gasteiger partial charge in [-0.1, -0.05) is 18.2 Å². The molecule has 1 aromatic carbocycles. The van der Waals surface area contributed by atoms with Crippen molar-refractivity contribution in [3.63, 3.8) is 0 Å². The number of methoxy groups -OCH3 is 1. The number of aliphatic hydroxyl groups excluding tert-OH is 6. The van der Waals surface area contributed by atoms with E-state index in [9.17, 15) is 35.4 Å². The molecule has 6 N–H and O–H groups in total. The average Bonchev–Trinajstić information content (AvgIpc) is 2.91. The lowest BCUT2D eigenvalue weighted by atomic mass is 9.96. The van der Waals surface area contributed by atoms with Gasteiger partial charge in [0, 0.05) is 13.5 Å². The van der Waals surface area contributed by atoms with Crippen molar-refractivity contribution >= 4 is 5.91 Å². The summed E-state index contributed by atoms with van der Waals surface area (Å²) in [5.41, 5.74) is 0.717. The number of hydrogen-bond donors (Lipinski definition) is 6. The Morgan fingerprint density at radius 1 is 0.974 bits per heavy atom. The lowest BCUT2D eigenvalue weighted by Gasteiger charge is -2.48. The van der Waals surface area contributed by atoms with Crippen LogP contribution in [0.2, 0.25) is 0 Å². The maximum absolute atomic E-state index is 12.0. The van der Waals surface area contributed by atoms with Gasteiger partial charge in [0.2, 0.25) is 5.91 Å². The molecule has 1 amide bonds. The van der Waals surface area contributed by atoms with Crippen LogP contribution in [-0.2, 0) is 30.3 Å². The first-order chi connectivity index (χ1) is 18.2. The number of nitrogens with zero attached hydrogens (tertiary/aromatic N) is 1. The maximum Gasteiger partial charge on any atom is 0.221 e.